The standard InChI is InChI=1S/C22H37FN2O.CH5N/c1-17-13-21(23)8-7-19(17)14-18-9-11-25(12-10-18)15-20-5-3-4-6-22(20)24(2)16-26;1-2/h7-8,16-22H,3-6,9-15H2,1-2H3;2H2,1H3. The van der Waals surface area contributed by atoms with Crippen molar-refractivity contribution in [1.82, 2.24) is 9.80 Å². The zero-order valence-electron chi connectivity index (χ0n) is 18.2. The predicted octanol–water partition coefficient (Wildman–Crippen LogP) is 3.86. The summed E-state index contributed by atoms with van der Waals surface area (Å²) in [5, 5.41) is 0. The van der Waals surface area contributed by atoms with Crippen molar-refractivity contribution in [3.05, 3.63) is 12.2 Å². The number of hydrogen-bond donors (Lipinski definition) is 1. The van der Waals surface area contributed by atoms with Crippen LogP contribution in [-0.4, -0.2) is 62.2 Å². The second kappa shape index (κ2) is 11.9. The van der Waals surface area contributed by atoms with Crippen molar-refractivity contribution in [3.8, 4) is 0 Å². The van der Waals surface area contributed by atoms with E-state index >= 15 is 0 Å². The molecular weight excluding hydrogens is 353 g/mol. The Balaban J connectivity index is 0.00000136. The molecule has 0 bridgehead atoms. The zero-order valence-corrected chi connectivity index (χ0v) is 18.2. The zero-order chi connectivity index (χ0) is 20.5. The van der Waals surface area contributed by atoms with Crippen LogP contribution in [-0.2, 0) is 4.79 Å². The van der Waals surface area contributed by atoms with E-state index in [0.717, 1.165) is 25.3 Å². The molecule has 162 valence electrons. The lowest BCUT2D eigenvalue weighted by molar-refractivity contribution is -0.120. The summed E-state index contributed by atoms with van der Waals surface area (Å²) in [5.74, 6) is 2.48. The first-order chi connectivity index (χ1) is 13.6. The van der Waals surface area contributed by atoms with E-state index in [1.807, 2.05) is 11.9 Å². The first-order valence-corrected chi connectivity index (χ1v) is 11.4. The highest BCUT2D eigenvalue weighted by atomic mass is 19.1. The van der Waals surface area contributed by atoms with Crippen LogP contribution >= 0.6 is 0 Å². The number of nitrogens with zero attached hydrogens (tertiary/aromatic N) is 2. The summed E-state index contributed by atoms with van der Waals surface area (Å²) in [6.45, 7) is 5.74. The maximum absolute atomic E-state index is 13.5. The second-order valence-corrected chi connectivity index (χ2v) is 9.14. The molecule has 1 saturated heterocycles. The smallest absolute Gasteiger partial charge is 0.209 e. The minimum Gasteiger partial charge on any atom is -0.345 e. The molecule has 28 heavy (non-hydrogen) atoms. The summed E-state index contributed by atoms with van der Waals surface area (Å²) in [5.41, 5.74) is 4.50. The first kappa shape index (κ1) is 23.3. The number of carbonyl (C=O) groups excluding carboxylic acids is 1. The fourth-order valence-corrected chi connectivity index (χ4v) is 5.51. The molecule has 0 aromatic rings. The SMILES string of the molecule is CC1CC(F)C=CC1CC1CCN(CC2CCCCC2N(C)C=O)CC1.CN. The Kier molecular flexibility index (Phi) is 9.93. The third kappa shape index (κ3) is 6.55. The van der Waals surface area contributed by atoms with Crippen LogP contribution in [0.15, 0.2) is 12.2 Å². The molecule has 5 heteroatoms. The Morgan fingerprint density at radius 2 is 1.82 bits per heavy atom. The van der Waals surface area contributed by atoms with Crippen molar-refractivity contribution in [2.45, 2.75) is 70.5 Å². The second-order valence-electron chi connectivity index (χ2n) is 9.14. The molecule has 0 radical (unpaired) electrons. The van der Waals surface area contributed by atoms with Crippen molar-refractivity contribution in [2.24, 2.45) is 29.4 Å². The van der Waals surface area contributed by atoms with E-state index in [-0.39, 0.29) is 0 Å². The number of halogens is 1. The van der Waals surface area contributed by atoms with Crippen molar-refractivity contribution >= 4 is 6.41 Å². The molecule has 3 aliphatic rings. The van der Waals surface area contributed by atoms with Crippen LogP contribution in [0.25, 0.3) is 0 Å². The summed E-state index contributed by atoms with van der Waals surface area (Å²) in [4.78, 5) is 15.7. The molecular formula is C23H42FN3O. The van der Waals surface area contributed by atoms with Crippen LogP contribution in [0, 0.1) is 23.7 Å². The fraction of sp³-hybridized carbons (Fsp3) is 0.870. The van der Waals surface area contributed by atoms with E-state index in [2.05, 4.69) is 23.6 Å². The number of carbonyl (C=O) groups is 1. The Bertz CT molecular complexity index is 478. The summed E-state index contributed by atoms with van der Waals surface area (Å²) < 4.78 is 13.5. The average Bonchev–Trinajstić information content (AvgIpc) is 2.73. The number of likely N-dealkylation sites (tertiary alicyclic amines) is 1. The molecule has 1 saturated carbocycles. The monoisotopic (exact) mass is 395 g/mol. The average molecular weight is 396 g/mol. The highest BCUT2D eigenvalue weighted by Crippen LogP contribution is 2.35. The van der Waals surface area contributed by atoms with Gasteiger partial charge in [-0.05, 0) is 82.3 Å². The van der Waals surface area contributed by atoms with Gasteiger partial charge in [0.1, 0.15) is 6.17 Å². The normalized spacial score (nSPS) is 34.4. The van der Waals surface area contributed by atoms with E-state index in [9.17, 15) is 9.18 Å². The van der Waals surface area contributed by atoms with E-state index in [4.69, 9.17) is 0 Å². The van der Waals surface area contributed by atoms with E-state index in [0.29, 0.717) is 30.2 Å². The summed E-state index contributed by atoms with van der Waals surface area (Å²) in [6.07, 6.45) is 13.7. The van der Waals surface area contributed by atoms with E-state index in [1.54, 1.807) is 6.08 Å². The minimum absolute atomic E-state index is 0.431. The molecule has 0 spiro atoms. The molecule has 2 N–H and O–H groups in total. The van der Waals surface area contributed by atoms with Crippen LogP contribution in [0.1, 0.15) is 58.3 Å². The Hall–Kier alpha value is -0.940. The molecule has 5 atom stereocenters. The van der Waals surface area contributed by atoms with E-state index in [1.165, 1.54) is 58.7 Å². The van der Waals surface area contributed by atoms with Gasteiger partial charge in [-0.25, -0.2) is 4.39 Å². The molecule has 2 aliphatic carbocycles. The molecule has 3 rings (SSSR count). The van der Waals surface area contributed by atoms with Crippen molar-refractivity contribution in [2.75, 3.05) is 33.7 Å². The van der Waals surface area contributed by atoms with Gasteiger partial charge in [-0.2, -0.15) is 0 Å². The van der Waals surface area contributed by atoms with Gasteiger partial charge in [-0.1, -0.05) is 31.9 Å². The number of rotatable bonds is 6. The lowest BCUT2D eigenvalue weighted by Crippen LogP contribution is -2.46. The van der Waals surface area contributed by atoms with Gasteiger partial charge in [-0.15, -0.1) is 0 Å². The van der Waals surface area contributed by atoms with Gasteiger partial charge >= 0.3 is 0 Å². The third-order valence-electron chi connectivity index (χ3n) is 7.26. The largest absolute Gasteiger partial charge is 0.345 e. The number of allylic oxidation sites excluding steroid dienone is 2. The molecule has 4 nitrogen and oxygen atoms in total. The Morgan fingerprint density at radius 3 is 2.46 bits per heavy atom. The van der Waals surface area contributed by atoms with Crippen LogP contribution in [0.3, 0.4) is 0 Å². The first-order valence-electron chi connectivity index (χ1n) is 11.4. The molecule has 0 aromatic carbocycles. The summed E-state index contributed by atoms with van der Waals surface area (Å²) in [6, 6.07) is 0.431. The van der Waals surface area contributed by atoms with E-state index < -0.39 is 6.17 Å². The van der Waals surface area contributed by atoms with Gasteiger partial charge < -0.3 is 15.5 Å². The van der Waals surface area contributed by atoms with Gasteiger partial charge in [0.05, 0.1) is 0 Å². The number of amides is 1. The van der Waals surface area contributed by atoms with Crippen LogP contribution in [0.2, 0.25) is 0 Å². The molecule has 1 aliphatic heterocycles. The number of piperidine rings is 1. The minimum atomic E-state index is -0.726. The van der Waals surface area contributed by atoms with Crippen LogP contribution in [0.5, 0.6) is 0 Å². The van der Waals surface area contributed by atoms with Gasteiger partial charge in [0.2, 0.25) is 6.41 Å². The van der Waals surface area contributed by atoms with Crippen LogP contribution in [0.4, 0.5) is 4.39 Å². The Morgan fingerprint density at radius 1 is 1.14 bits per heavy atom. The van der Waals surface area contributed by atoms with Gasteiger partial charge in [-0.3, -0.25) is 4.79 Å². The summed E-state index contributed by atoms with van der Waals surface area (Å²) >= 11 is 0. The maximum Gasteiger partial charge on any atom is 0.209 e. The highest BCUT2D eigenvalue weighted by Gasteiger charge is 2.32. The number of nitrogens with two attached hydrogens (primary N) is 1. The number of alkyl halides is 1. The lowest BCUT2D eigenvalue weighted by atomic mass is 9.77. The fourth-order valence-electron chi connectivity index (χ4n) is 5.51. The van der Waals surface area contributed by atoms with Crippen molar-refractivity contribution in [3.63, 3.8) is 0 Å². The quantitative estimate of drug-likeness (QED) is 0.549. The molecule has 1 amide bonds. The molecule has 2 fully saturated rings. The van der Waals surface area contributed by atoms with Gasteiger partial charge in [0.25, 0.3) is 0 Å². The molecule has 1 heterocycles. The predicted molar refractivity (Wildman–Crippen MR) is 115 cm³/mol. The Labute approximate surface area is 171 Å². The van der Waals surface area contributed by atoms with Gasteiger partial charge in [0, 0.05) is 19.6 Å². The number of hydrogen-bond acceptors (Lipinski definition) is 3. The maximum atomic E-state index is 13.5. The third-order valence-corrected chi connectivity index (χ3v) is 7.26. The van der Waals surface area contributed by atoms with Crippen LogP contribution < -0.4 is 5.73 Å². The summed E-state index contributed by atoms with van der Waals surface area (Å²) in [7, 11) is 3.45. The topological polar surface area (TPSA) is 49.6 Å². The van der Waals surface area contributed by atoms with Gasteiger partial charge in [0.15, 0.2) is 0 Å². The van der Waals surface area contributed by atoms with Crippen molar-refractivity contribution in [1.29, 1.82) is 0 Å². The molecule has 5 unspecified atom stereocenters. The highest BCUT2D eigenvalue weighted by molar-refractivity contribution is 5.47. The van der Waals surface area contributed by atoms with Crippen molar-refractivity contribution < 1.29 is 9.18 Å². The lowest BCUT2D eigenvalue weighted by Gasteiger charge is -2.41. The molecule has 0 aromatic heterocycles.